The Labute approximate surface area is 113 Å². The lowest BCUT2D eigenvalue weighted by molar-refractivity contribution is 0.0842. The Morgan fingerprint density at radius 2 is 1.89 bits per heavy atom. The third kappa shape index (κ3) is 3.31. The van der Waals surface area contributed by atoms with Crippen LogP contribution in [0.15, 0.2) is 24.3 Å². The van der Waals surface area contributed by atoms with Gasteiger partial charge in [-0.1, -0.05) is 11.6 Å². The maximum Gasteiger partial charge on any atom is 0.166 e. The number of nitrogens with zero attached hydrogens (tertiary/aromatic N) is 1. The van der Waals surface area contributed by atoms with Crippen molar-refractivity contribution in [1.29, 1.82) is 0 Å². The normalized spacial score (nSPS) is 17.9. The number of carbonyl (C=O) groups is 1. The summed E-state index contributed by atoms with van der Waals surface area (Å²) in [6, 6.07) is 7.19. The molecule has 1 aromatic rings. The lowest BCUT2D eigenvalue weighted by atomic mass is 9.89. The second-order valence-corrected chi connectivity index (χ2v) is 5.21. The van der Waals surface area contributed by atoms with Gasteiger partial charge in [0.15, 0.2) is 5.78 Å². The lowest BCUT2D eigenvalue weighted by Gasteiger charge is -2.30. The number of benzene rings is 1. The highest BCUT2D eigenvalue weighted by Crippen LogP contribution is 2.22. The molecule has 0 unspecified atom stereocenters. The number of rotatable bonds is 4. The number of carbonyl (C=O) groups excluding carboxylic acids is 1. The molecule has 3 nitrogen and oxygen atoms in total. The van der Waals surface area contributed by atoms with Gasteiger partial charge in [0.05, 0.1) is 0 Å². The molecular formula is C14H19ClN2O. The minimum absolute atomic E-state index is 0.153. The van der Waals surface area contributed by atoms with Gasteiger partial charge in [-0.25, -0.2) is 0 Å². The molecule has 2 rings (SSSR count). The second kappa shape index (κ2) is 6.32. The summed E-state index contributed by atoms with van der Waals surface area (Å²) in [5.74, 6) is 0.402. The number of likely N-dealkylation sites (tertiary alicyclic amines) is 1. The summed E-state index contributed by atoms with van der Waals surface area (Å²) < 4.78 is 0. The second-order valence-electron chi connectivity index (χ2n) is 4.78. The van der Waals surface area contributed by atoms with E-state index in [4.69, 9.17) is 17.3 Å². The summed E-state index contributed by atoms with van der Waals surface area (Å²) in [5.41, 5.74) is 6.31. The van der Waals surface area contributed by atoms with Crippen LogP contribution in [0.25, 0.3) is 0 Å². The van der Waals surface area contributed by atoms with Crippen molar-refractivity contribution in [2.45, 2.75) is 12.8 Å². The van der Waals surface area contributed by atoms with Crippen molar-refractivity contribution in [3.63, 3.8) is 0 Å². The standard InChI is InChI=1S/C14H19ClN2O/c15-13-3-1-11(2-4-13)14(18)12-5-8-17(9-6-12)10-7-16/h1-4,12H,5-10,16H2. The van der Waals surface area contributed by atoms with Gasteiger partial charge in [0.1, 0.15) is 0 Å². The van der Waals surface area contributed by atoms with E-state index < -0.39 is 0 Å². The predicted octanol–water partition coefficient (Wildman–Crippen LogP) is 2.19. The van der Waals surface area contributed by atoms with Gasteiger partial charge in [0, 0.05) is 29.6 Å². The van der Waals surface area contributed by atoms with E-state index in [0.29, 0.717) is 11.6 Å². The van der Waals surface area contributed by atoms with Gasteiger partial charge in [-0.05, 0) is 50.2 Å². The summed E-state index contributed by atoms with van der Waals surface area (Å²) in [6.07, 6.45) is 1.86. The van der Waals surface area contributed by atoms with Gasteiger partial charge in [-0.2, -0.15) is 0 Å². The molecular weight excluding hydrogens is 248 g/mol. The minimum Gasteiger partial charge on any atom is -0.329 e. The number of halogens is 1. The maximum atomic E-state index is 12.3. The smallest absolute Gasteiger partial charge is 0.166 e. The van der Waals surface area contributed by atoms with Crippen molar-refractivity contribution in [3.8, 4) is 0 Å². The van der Waals surface area contributed by atoms with Crippen molar-refractivity contribution in [2.24, 2.45) is 11.7 Å². The van der Waals surface area contributed by atoms with Crippen LogP contribution in [0.2, 0.25) is 5.02 Å². The molecule has 1 aliphatic rings. The minimum atomic E-state index is 0.153. The van der Waals surface area contributed by atoms with Crippen molar-refractivity contribution in [2.75, 3.05) is 26.2 Å². The van der Waals surface area contributed by atoms with Crippen LogP contribution >= 0.6 is 11.6 Å². The molecule has 2 N–H and O–H groups in total. The molecule has 1 aliphatic heterocycles. The molecule has 0 bridgehead atoms. The molecule has 1 heterocycles. The van der Waals surface area contributed by atoms with Gasteiger partial charge in [-0.3, -0.25) is 4.79 Å². The molecule has 1 saturated heterocycles. The summed E-state index contributed by atoms with van der Waals surface area (Å²) in [4.78, 5) is 14.6. The fourth-order valence-corrected chi connectivity index (χ4v) is 2.58. The monoisotopic (exact) mass is 266 g/mol. The largest absolute Gasteiger partial charge is 0.329 e. The summed E-state index contributed by atoms with van der Waals surface area (Å²) in [5, 5.41) is 0.671. The first-order chi connectivity index (χ1) is 8.70. The molecule has 0 amide bonds. The lowest BCUT2D eigenvalue weighted by Crippen LogP contribution is -2.39. The van der Waals surface area contributed by atoms with Gasteiger partial charge < -0.3 is 10.6 Å². The Kier molecular flexibility index (Phi) is 4.75. The van der Waals surface area contributed by atoms with Gasteiger partial charge in [-0.15, -0.1) is 0 Å². The summed E-state index contributed by atoms with van der Waals surface area (Å²) >= 11 is 5.83. The van der Waals surface area contributed by atoms with E-state index in [2.05, 4.69) is 4.90 Å². The van der Waals surface area contributed by atoms with E-state index in [1.54, 1.807) is 12.1 Å². The predicted molar refractivity (Wildman–Crippen MR) is 74.0 cm³/mol. The number of hydrogen-bond donors (Lipinski definition) is 1. The Hall–Kier alpha value is -0.900. The zero-order valence-electron chi connectivity index (χ0n) is 10.4. The third-order valence-electron chi connectivity index (χ3n) is 3.53. The number of nitrogens with two attached hydrogens (primary N) is 1. The van der Waals surface area contributed by atoms with Crippen molar-refractivity contribution < 1.29 is 4.79 Å². The molecule has 0 aromatic heterocycles. The van der Waals surface area contributed by atoms with Crippen LogP contribution in [0.1, 0.15) is 23.2 Å². The van der Waals surface area contributed by atoms with E-state index in [1.165, 1.54) is 0 Å². The Morgan fingerprint density at radius 3 is 2.44 bits per heavy atom. The molecule has 0 radical (unpaired) electrons. The van der Waals surface area contributed by atoms with Gasteiger partial charge >= 0.3 is 0 Å². The molecule has 1 fully saturated rings. The van der Waals surface area contributed by atoms with Crippen LogP contribution in [0.5, 0.6) is 0 Å². The van der Waals surface area contributed by atoms with E-state index in [-0.39, 0.29) is 11.7 Å². The van der Waals surface area contributed by atoms with Crippen LogP contribution in [-0.2, 0) is 0 Å². The first kappa shape index (κ1) is 13.5. The zero-order valence-corrected chi connectivity index (χ0v) is 11.2. The first-order valence-corrected chi connectivity index (χ1v) is 6.80. The molecule has 0 atom stereocenters. The molecule has 18 heavy (non-hydrogen) atoms. The molecule has 0 saturated carbocycles. The number of piperidine rings is 1. The molecule has 0 aliphatic carbocycles. The summed E-state index contributed by atoms with van der Waals surface area (Å²) in [7, 11) is 0. The van der Waals surface area contributed by atoms with Gasteiger partial charge in [0.2, 0.25) is 0 Å². The fraction of sp³-hybridized carbons (Fsp3) is 0.500. The van der Waals surface area contributed by atoms with Crippen molar-refractivity contribution in [1.82, 2.24) is 4.90 Å². The summed E-state index contributed by atoms with van der Waals surface area (Å²) in [6.45, 7) is 3.57. The highest BCUT2D eigenvalue weighted by atomic mass is 35.5. The maximum absolute atomic E-state index is 12.3. The third-order valence-corrected chi connectivity index (χ3v) is 3.78. The van der Waals surface area contributed by atoms with E-state index >= 15 is 0 Å². The van der Waals surface area contributed by atoms with Crippen LogP contribution in [0, 0.1) is 5.92 Å². The van der Waals surface area contributed by atoms with Crippen LogP contribution in [0.3, 0.4) is 0 Å². The van der Waals surface area contributed by atoms with E-state index in [9.17, 15) is 4.79 Å². The van der Waals surface area contributed by atoms with Crippen LogP contribution in [0.4, 0.5) is 0 Å². The first-order valence-electron chi connectivity index (χ1n) is 6.43. The van der Waals surface area contributed by atoms with Crippen molar-refractivity contribution in [3.05, 3.63) is 34.9 Å². The molecule has 98 valence electrons. The molecule has 1 aromatic carbocycles. The topological polar surface area (TPSA) is 46.3 Å². The Bertz CT molecular complexity index is 397. The molecule has 0 spiro atoms. The number of Topliss-reactive ketones (excluding diaryl/α,β-unsaturated/α-hetero) is 1. The average molecular weight is 267 g/mol. The van der Waals surface area contributed by atoms with E-state index in [1.807, 2.05) is 12.1 Å². The average Bonchev–Trinajstić information content (AvgIpc) is 2.40. The van der Waals surface area contributed by atoms with Crippen LogP contribution in [-0.4, -0.2) is 36.9 Å². The van der Waals surface area contributed by atoms with Crippen LogP contribution < -0.4 is 5.73 Å². The Morgan fingerprint density at radius 1 is 1.28 bits per heavy atom. The van der Waals surface area contributed by atoms with Gasteiger partial charge in [0.25, 0.3) is 0 Å². The van der Waals surface area contributed by atoms with Crippen molar-refractivity contribution >= 4 is 17.4 Å². The quantitative estimate of drug-likeness (QED) is 0.850. The number of hydrogen-bond acceptors (Lipinski definition) is 3. The Balaban J connectivity index is 1.93. The zero-order chi connectivity index (χ0) is 13.0. The molecule has 4 heteroatoms. The highest BCUT2D eigenvalue weighted by Gasteiger charge is 2.25. The fourth-order valence-electron chi connectivity index (χ4n) is 2.45. The highest BCUT2D eigenvalue weighted by molar-refractivity contribution is 6.30. The SMILES string of the molecule is NCCN1CCC(C(=O)c2ccc(Cl)cc2)CC1. The van der Waals surface area contributed by atoms with E-state index in [0.717, 1.165) is 38.0 Å². The number of ketones is 1.